The van der Waals surface area contributed by atoms with Gasteiger partial charge in [-0.25, -0.2) is 0 Å². The summed E-state index contributed by atoms with van der Waals surface area (Å²) in [6.07, 6.45) is 25.5. The molecule has 0 atom stereocenters. The SMILES string of the molecule is CCCCCCCC/C=C\CCCCCCCCSc1nc(Cl)nc(SC)n1. The summed E-state index contributed by atoms with van der Waals surface area (Å²) in [7, 11) is 0. The van der Waals surface area contributed by atoms with Crippen molar-refractivity contribution in [3.05, 3.63) is 17.4 Å². The van der Waals surface area contributed by atoms with Crippen LogP contribution in [0.1, 0.15) is 96.8 Å². The first-order valence-electron chi connectivity index (χ1n) is 11.0. The highest BCUT2D eigenvalue weighted by Crippen LogP contribution is 2.20. The van der Waals surface area contributed by atoms with Gasteiger partial charge in [-0.1, -0.05) is 100 Å². The van der Waals surface area contributed by atoms with Crippen LogP contribution in [0.2, 0.25) is 5.28 Å². The summed E-state index contributed by atoms with van der Waals surface area (Å²) in [6, 6.07) is 0. The highest BCUT2D eigenvalue weighted by molar-refractivity contribution is 7.99. The summed E-state index contributed by atoms with van der Waals surface area (Å²) in [5.74, 6) is 1.05. The molecule has 0 aliphatic rings. The van der Waals surface area contributed by atoms with Gasteiger partial charge >= 0.3 is 0 Å². The molecule has 0 bridgehead atoms. The molecule has 1 heterocycles. The predicted molar refractivity (Wildman–Crippen MR) is 127 cm³/mol. The molecular formula is C22H38ClN3S2. The summed E-state index contributed by atoms with van der Waals surface area (Å²) in [5, 5.41) is 1.74. The molecule has 0 aromatic carbocycles. The van der Waals surface area contributed by atoms with Gasteiger partial charge < -0.3 is 0 Å². The Labute approximate surface area is 186 Å². The average molecular weight is 444 g/mol. The maximum Gasteiger partial charge on any atom is 0.227 e. The standard InChI is InChI=1S/C22H38ClN3S2/c1-3-4-5-6-7-8-9-10-11-12-13-14-15-16-17-18-19-28-22-25-20(23)24-21(26-22)27-2/h10-11H,3-9,12-19H2,1-2H3/b11-10-. The zero-order valence-corrected chi connectivity index (χ0v) is 20.2. The molecule has 6 heteroatoms. The lowest BCUT2D eigenvalue weighted by Gasteiger charge is -2.03. The minimum Gasteiger partial charge on any atom is -0.196 e. The maximum atomic E-state index is 5.92. The van der Waals surface area contributed by atoms with Crippen molar-refractivity contribution in [1.82, 2.24) is 15.0 Å². The van der Waals surface area contributed by atoms with Crippen LogP contribution in [0.15, 0.2) is 22.5 Å². The highest BCUT2D eigenvalue weighted by atomic mass is 35.5. The molecule has 28 heavy (non-hydrogen) atoms. The largest absolute Gasteiger partial charge is 0.227 e. The van der Waals surface area contributed by atoms with Gasteiger partial charge in [0.25, 0.3) is 0 Å². The number of unbranched alkanes of at least 4 members (excludes halogenated alkanes) is 12. The molecule has 0 aliphatic carbocycles. The van der Waals surface area contributed by atoms with Crippen molar-refractivity contribution in [3.8, 4) is 0 Å². The lowest BCUT2D eigenvalue weighted by molar-refractivity contribution is 0.607. The van der Waals surface area contributed by atoms with Crippen LogP contribution in [0.5, 0.6) is 0 Å². The Morgan fingerprint density at radius 2 is 1.25 bits per heavy atom. The van der Waals surface area contributed by atoms with E-state index < -0.39 is 0 Å². The minimum atomic E-state index is 0.294. The first-order chi connectivity index (χ1) is 13.8. The maximum absolute atomic E-state index is 5.92. The van der Waals surface area contributed by atoms with Crippen molar-refractivity contribution in [3.63, 3.8) is 0 Å². The van der Waals surface area contributed by atoms with Gasteiger partial charge in [-0.15, -0.1) is 0 Å². The second-order valence-corrected chi connectivity index (χ2v) is 9.33. The predicted octanol–water partition coefficient (Wildman–Crippen LogP) is 8.38. The topological polar surface area (TPSA) is 38.7 Å². The number of halogens is 1. The Bertz CT molecular complexity index is 527. The van der Waals surface area contributed by atoms with E-state index in [-0.39, 0.29) is 0 Å². The average Bonchev–Trinajstić information content (AvgIpc) is 2.70. The minimum absolute atomic E-state index is 0.294. The molecule has 0 saturated carbocycles. The molecule has 0 unspecified atom stereocenters. The van der Waals surface area contributed by atoms with Crippen molar-refractivity contribution in [2.75, 3.05) is 12.0 Å². The Kier molecular flexibility index (Phi) is 17.3. The van der Waals surface area contributed by atoms with E-state index in [1.54, 1.807) is 11.8 Å². The number of thioether (sulfide) groups is 2. The number of allylic oxidation sites excluding steroid dienone is 2. The second kappa shape index (κ2) is 18.7. The molecule has 0 amide bonds. The Balaban J connectivity index is 1.86. The second-order valence-electron chi connectivity index (χ2n) is 7.16. The van der Waals surface area contributed by atoms with E-state index in [0.29, 0.717) is 10.4 Å². The van der Waals surface area contributed by atoms with Crippen LogP contribution in [0.25, 0.3) is 0 Å². The van der Waals surface area contributed by atoms with Gasteiger partial charge in [-0.3, -0.25) is 0 Å². The first kappa shape index (κ1) is 25.8. The smallest absolute Gasteiger partial charge is 0.196 e. The highest BCUT2D eigenvalue weighted by Gasteiger charge is 2.04. The normalized spacial score (nSPS) is 11.5. The summed E-state index contributed by atoms with van der Waals surface area (Å²) in [5.41, 5.74) is 0. The third kappa shape index (κ3) is 14.7. The molecule has 1 rings (SSSR count). The number of hydrogen-bond acceptors (Lipinski definition) is 5. The zero-order chi connectivity index (χ0) is 20.3. The molecule has 0 aliphatic heterocycles. The summed E-state index contributed by atoms with van der Waals surface area (Å²) < 4.78 is 0. The molecule has 0 radical (unpaired) electrons. The van der Waals surface area contributed by atoms with Gasteiger partial charge in [-0.2, -0.15) is 15.0 Å². The molecule has 0 fully saturated rings. The van der Waals surface area contributed by atoms with Crippen LogP contribution in [0.4, 0.5) is 0 Å². The molecule has 0 spiro atoms. The first-order valence-corrected chi connectivity index (χ1v) is 13.6. The van der Waals surface area contributed by atoms with Crippen molar-refractivity contribution in [1.29, 1.82) is 0 Å². The molecule has 0 saturated heterocycles. The fourth-order valence-corrected chi connectivity index (χ4v) is 4.49. The monoisotopic (exact) mass is 443 g/mol. The molecule has 0 N–H and O–H groups in total. The Hall–Kier alpha value is -0.260. The summed E-state index contributed by atoms with van der Waals surface area (Å²) in [4.78, 5) is 12.6. The third-order valence-corrected chi connectivity index (χ3v) is 6.29. The fraction of sp³-hybridized carbons (Fsp3) is 0.773. The number of nitrogens with zero attached hydrogens (tertiary/aromatic N) is 3. The number of rotatable bonds is 18. The Morgan fingerprint density at radius 3 is 1.86 bits per heavy atom. The molecule has 160 valence electrons. The van der Waals surface area contributed by atoms with Gasteiger partial charge in [0.15, 0.2) is 10.3 Å². The lowest BCUT2D eigenvalue weighted by Crippen LogP contribution is -1.95. The summed E-state index contributed by atoms with van der Waals surface area (Å²) in [6.45, 7) is 2.28. The van der Waals surface area contributed by atoms with E-state index >= 15 is 0 Å². The van der Waals surface area contributed by atoms with Gasteiger partial charge in [0, 0.05) is 5.75 Å². The Morgan fingerprint density at radius 1 is 0.714 bits per heavy atom. The van der Waals surface area contributed by atoms with Gasteiger partial charge in [0.05, 0.1) is 0 Å². The number of hydrogen-bond donors (Lipinski definition) is 0. The molecular weight excluding hydrogens is 406 g/mol. The van der Waals surface area contributed by atoms with E-state index in [1.807, 2.05) is 6.26 Å². The van der Waals surface area contributed by atoms with E-state index in [4.69, 9.17) is 11.6 Å². The van der Waals surface area contributed by atoms with Gasteiger partial charge in [0.1, 0.15) is 0 Å². The van der Waals surface area contributed by atoms with Gasteiger partial charge in [0.2, 0.25) is 5.28 Å². The van der Waals surface area contributed by atoms with Crippen LogP contribution in [-0.4, -0.2) is 27.0 Å². The van der Waals surface area contributed by atoms with Crippen LogP contribution in [0.3, 0.4) is 0 Å². The fourth-order valence-electron chi connectivity index (χ4n) is 2.98. The molecule has 3 nitrogen and oxygen atoms in total. The quantitative estimate of drug-likeness (QED) is 0.129. The number of aromatic nitrogens is 3. The van der Waals surface area contributed by atoms with Crippen molar-refractivity contribution < 1.29 is 0 Å². The third-order valence-electron chi connectivity index (χ3n) is 4.64. The van der Waals surface area contributed by atoms with E-state index in [2.05, 4.69) is 34.0 Å². The van der Waals surface area contributed by atoms with Gasteiger partial charge in [-0.05, 0) is 50.0 Å². The van der Waals surface area contributed by atoms with Crippen LogP contribution in [0, 0.1) is 0 Å². The van der Waals surface area contributed by atoms with Crippen LogP contribution < -0.4 is 0 Å². The van der Waals surface area contributed by atoms with E-state index in [0.717, 1.165) is 10.9 Å². The molecule has 1 aromatic rings. The zero-order valence-electron chi connectivity index (χ0n) is 17.8. The van der Waals surface area contributed by atoms with Crippen molar-refractivity contribution in [2.45, 2.75) is 107 Å². The van der Waals surface area contributed by atoms with Crippen LogP contribution >= 0.6 is 35.1 Å². The van der Waals surface area contributed by atoms with Crippen molar-refractivity contribution >= 4 is 35.1 Å². The summed E-state index contributed by atoms with van der Waals surface area (Å²) >= 11 is 9.10. The molecule has 1 aromatic heterocycles. The van der Waals surface area contributed by atoms with Crippen molar-refractivity contribution in [2.24, 2.45) is 0 Å². The van der Waals surface area contributed by atoms with E-state index in [9.17, 15) is 0 Å². The van der Waals surface area contributed by atoms with Crippen LogP contribution in [-0.2, 0) is 0 Å². The lowest BCUT2D eigenvalue weighted by atomic mass is 10.1. The van der Waals surface area contributed by atoms with E-state index in [1.165, 1.54) is 102 Å².